The van der Waals surface area contributed by atoms with Gasteiger partial charge in [-0.2, -0.15) is 0 Å². The molecule has 1 atom stereocenters. The third kappa shape index (κ3) is 3.78. The van der Waals surface area contributed by atoms with E-state index < -0.39 is 0 Å². The predicted octanol–water partition coefficient (Wildman–Crippen LogP) is 0.355. The van der Waals surface area contributed by atoms with Gasteiger partial charge in [-0.3, -0.25) is 4.79 Å². The Morgan fingerprint density at radius 2 is 2.26 bits per heavy atom. The van der Waals surface area contributed by atoms with Crippen molar-refractivity contribution in [2.45, 2.75) is 25.5 Å². The van der Waals surface area contributed by atoms with E-state index in [2.05, 4.69) is 25.9 Å². The lowest BCUT2D eigenvalue weighted by Crippen LogP contribution is -2.32. The van der Waals surface area contributed by atoms with Crippen LogP contribution in [-0.4, -0.2) is 42.6 Å². The van der Waals surface area contributed by atoms with Crippen molar-refractivity contribution < 1.29 is 9.53 Å². The summed E-state index contributed by atoms with van der Waals surface area (Å²) in [7, 11) is 3.41. The number of carbonyl (C=O) groups excluding carboxylic acids is 1. The number of rotatable bonds is 6. The molecule has 0 saturated carbocycles. The third-order valence-corrected chi connectivity index (χ3v) is 2.92. The number of nitrogens with one attached hydrogen (secondary N) is 3. The zero-order valence-electron chi connectivity index (χ0n) is 11.2. The quantitative estimate of drug-likeness (QED) is 0.688. The van der Waals surface area contributed by atoms with Crippen molar-refractivity contribution in [2.75, 3.05) is 31.3 Å². The molecule has 1 aliphatic heterocycles. The maximum absolute atomic E-state index is 11.1. The zero-order chi connectivity index (χ0) is 13.7. The summed E-state index contributed by atoms with van der Waals surface area (Å²) in [4.78, 5) is 19.7. The van der Waals surface area contributed by atoms with Gasteiger partial charge in [0.05, 0.1) is 0 Å². The van der Waals surface area contributed by atoms with Gasteiger partial charge in [-0.1, -0.05) is 0 Å². The molecule has 1 aliphatic rings. The molecule has 1 aromatic heterocycles. The van der Waals surface area contributed by atoms with Crippen molar-refractivity contribution in [2.24, 2.45) is 0 Å². The maximum Gasteiger partial charge on any atom is 0.220 e. The Bertz CT molecular complexity index is 452. The standard InChI is InChI=1S/C12H19N5O2/c1-13-9-5-10(17-11(16-9)7-19-2)14-6-8-3-4-12(18)15-8/h5,8H,3-4,6-7H2,1-2H3,(H,15,18)(H2,13,14,16,17). The Balaban J connectivity index is 1.98. The number of anilines is 2. The van der Waals surface area contributed by atoms with E-state index in [0.29, 0.717) is 25.4 Å². The van der Waals surface area contributed by atoms with E-state index in [4.69, 9.17) is 4.74 Å². The lowest BCUT2D eigenvalue weighted by atomic mass is 10.2. The van der Waals surface area contributed by atoms with Crippen molar-refractivity contribution in [3.8, 4) is 0 Å². The van der Waals surface area contributed by atoms with Gasteiger partial charge in [0.2, 0.25) is 5.91 Å². The molecule has 104 valence electrons. The van der Waals surface area contributed by atoms with E-state index in [1.54, 1.807) is 14.2 Å². The molecule has 0 aromatic carbocycles. The van der Waals surface area contributed by atoms with Crippen LogP contribution in [0, 0.1) is 0 Å². The van der Waals surface area contributed by atoms with Crippen LogP contribution in [0.3, 0.4) is 0 Å². The van der Waals surface area contributed by atoms with E-state index in [9.17, 15) is 4.79 Å². The normalized spacial score (nSPS) is 18.2. The lowest BCUT2D eigenvalue weighted by Gasteiger charge is -2.13. The Morgan fingerprint density at radius 3 is 2.89 bits per heavy atom. The molecule has 0 bridgehead atoms. The highest BCUT2D eigenvalue weighted by molar-refractivity contribution is 5.78. The highest BCUT2D eigenvalue weighted by Gasteiger charge is 2.20. The molecule has 1 fully saturated rings. The van der Waals surface area contributed by atoms with Crippen molar-refractivity contribution in [3.05, 3.63) is 11.9 Å². The number of methoxy groups -OCH3 is 1. The van der Waals surface area contributed by atoms with E-state index in [-0.39, 0.29) is 11.9 Å². The van der Waals surface area contributed by atoms with Crippen LogP contribution in [0.5, 0.6) is 0 Å². The second-order valence-corrected chi connectivity index (χ2v) is 4.42. The molecule has 19 heavy (non-hydrogen) atoms. The van der Waals surface area contributed by atoms with Crippen molar-refractivity contribution in [1.29, 1.82) is 0 Å². The average Bonchev–Trinajstić information content (AvgIpc) is 2.82. The summed E-state index contributed by atoms with van der Waals surface area (Å²) in [6.07, 6.45) is 1.47. The van der Waals surface area contributed by atoms with Gasteiger partial charge in [-0.15, -0.1) is 0 Å². The topological polar surface area (TPSA) is 88.2 Å². The minimum Gasteiger partial charge on any atom is -0.377 e. The summed E-state index contributed by atoms with van der Waals surface area (Å²) in [5, 5.41) is 9.11. The van der Waals surface area contributed by atoms with Gasteiger partial charge >= 0.3 is 0 Å². The summed E-state index contributed by atoms with van der Waals surface area (Å²) >= 11 is 0. The lowest BCUT2D eigenvalue weighted by molar-refractivity contribution is -0.119. The molecule has 1 saturated heterocycles. The van der Waals surface area contributed by atoms with Crippen molar-refractivity contribution >= 4 is 17.5 Å². The molecule has 3 N–H and O–H groups in total. The minimum absolute atomic E-state index is 0.116. The fourth-order valence-electron chi connectivity index (χ4n) is 1.97. The molecule has 0 spiro atoms. The molecule has 1 amide bonds. The first-order chi connectivity index (χ1) is 9.21. The minimum atomic E-state index is 0.116. The molecule has 0 aliphatic carbocycles. The molecule has 1 unspecified atom stereocenters. The maximum atomic E-state index is 11.1. The SMILES string of the molecule is CNc1cc(NCC2CCC(=O)N2)nc(COC)n1. The second kappa shape index (κ2) is 6.33. The molecular weight excluding hydrogens is 246 g/mol. The molecule has 1 aromatic rings. The Labute approximate surface area is 112 Å². The van der Waals surface area contributed by atoms with Crippen molar-refractivity contribution in [1.82, 2.24) is 15.3 Å². The smallest absolute Gasteiger partial charge is 0.220 e. The van der Waals surface area contributed by atoms with Gasteiger partial charge in [-0.05, 0) is 6.42 Å². The first-order valence-electron chi connectivity index (χ1n) is 6.29. The molecule has 0 radical (unpaired) electrons. The number of aromatic nitrogens is 2. The number of nitrogens with zero attached hydrogens (tertiary/aromatic N) is 2. The van der Waals surface area contributed by atoms with E-state index in [0.717, 1.165) is 18.1 Å². The van der Waals surface area contributed by atoms with Gasteiger partial charge in [0, 0.05) is 39.2 Å². The average molecular weight is 265 g/mol. The van der Waals surface area contributed by atoms with Crippen LogP contribution < -0.4 is 16.0 Å². The summed E-state index contributed by atoms with van der Waals surface area (Å²) in [5.41, 5.74) is 0. The van der Waals surface area contributed by atoms with Gasteiger partial charge in [0.1, 0.15) is 18.2 Å². The monoisotopic (exact) mass is 265 g/mol. The predicted molar refractivity (Wildman–Crippen MR) is 71.9 cm³/mol. The molecule has 7 nitrogen and oxygen atoms in total. The Kier molecular flexibility index (Phi) is 4.51. The van der Waals surface area contributed by atoms with Crippen LogP contribution in [0.2, 0.25) is 0 Å². The first-order valence-corrected chi connectivity index (χ1v) is 6.29. The fourth-order valence-corrected chi connectivity index (χ4v) is 1.97. The first kappa shape index (κ1) is 13.5. The Hall–Kier alpha value is -1.89. The number of hydrogen-bond acceptors (Lipinski definition) is 6. The molecular formula is C12H19N5O2. The van der Waals surface area contributed by atoms with Crippen LogP contribution >= 0.6 is 0 Å². The zero-order valence-corrected chi connectivity index (χ0v) is 11.2. The Morgan fingerprint density at radius 1 is 1.47 bits per heavy atom. The number of amides is 1. The summed E-state index contributed by atoms with van der Waals surface area (Å²) < 4.78 is 5.04. The number of ether oxygens (including phenoxy) is 1. The van der Waals surface area contributed by atoms with Crippen LogP contribution in [-0.2, 0) is 16.1 Å². The second-order valence-electron chi connectivity index (χ2n) is 4.42. The van der Waals surface area contributed by atoms with Crippen LogP contribution in [0.15, 0.2) is 6.07 Å². The molecule has 7 heteroatoms. The highest BCUT2D eigenvalue weighted by Crippen LogP contribution is 2.13. The van der Waals surface area contributed by atoms with Gasteiger partial charge in [0.25, 0.3) is 0 Å². The molecule has 2 rings (SSSR count). The van der Waals surface area contributed by atoms with E-state index in [1.807, 2.05) is 6.07 Å². The number of hydrogen-bond donors (Lipinski definition) is 3. The van der Waals surface area contributed by atoms with Gasteiger partial charge in [0.15, 0.2) is 5.82 Å². The number of carbonyl (C=O) groups is 1. The van der Waals surface area contributed by atoms with Crippen LogP contribution in [0.25, 0.3) is 0 Å². The largest absolute Gasteiger partial charge is 0.377 e. The third-order valence-electron chi connectivity index (χ3n) is 2.92. The molecule has 2 heterocycles. The van der Waals surface area contributed by atoms with Crippen LogP contribution in [0.1, 0.15) is 18.7 Å². The summed E-state index contributed by atoms with van der Waals surface area (Å²) in [6, 6.07) is 2.00. The van der Waals surface area contributed by atoms with Gasteiger partial charge < -0.3 is 20.7 Å². The highest BCUT2D eigenvalue weighted by atomic mass is 16.5. The van der Waals surface area contributed by atoms with Crippen molar-refractivity contribution in [3.63, 3.8) is 0 Å². The summed E-state index contributed by atoms with van der Waals surface area (Å²) in [5.74, 6) is 2.20. The fraction of sp³-hybridized carbons (Fsp3) is 0.583. The van der Waals surface area contributed by atoms with Crippen LogP contribution in [0.4, 0.5) is 11.6 Å². The summed E-state index contributed by atoms with van der Waals surface area (Å²) in [6.45, 7) is 1.03. The van der Waals surface area contributed by atoms with E-state index >= 15 is 0 Å². The van der Waals surface area contributed by atoms with Gasteiger partial charge in [-0.25, -0.2) is 9.97 Å². The van der Waals surface area contributed by atoms with E-state index in [1.165, 1.54) is 0 Å².